The van der Waals surface area contributed by atoms with Gasteiger partial charge in [-0.25, -0.2) is 8.78 Å². The fraction of sp³-hybridized carbons (Fsp3) is 0.700. The van der Waals surface area contributed by atoms with Crippen LogP contribution in [-0.4, -0.2) is 240 Å². The van der Waals surface area contributed by atoms with E-state index in [1.807, 2.05) is 0 Å². The molecule has 1 unspecified atom stereocenters. The number of aliphatic carboxylic acids is 4. The first-order valence-electron chi connectivity index (χ1n) is 21.1. The predicted molar refractivity (Wildman–Crippen MR) is 219 cm³/mol. The van der Waals surface area contributed by atoms with Crippen LogP contribution in [0.3, 0.4) is 0 Å². The molecule has 0 aliphatic carbocycles. The second-order valence-electron chi connectivity index (χ2n) is 14.5. The van der Waals surface area contributed by atoms with Gasteiger partial charge in [0.15, 0.2) is 11.6 Å². The van der Waals surface area contributed by atoms with Gasteiger partial charge in [-0.3, -0.25) is 48.4 Å². The fourth-order valence-electron chi connectivity index (χ4n) is 6.16. The quantitative estimate of drug-likeness (QED) is 0.0195. The number of amides is 1. The second-order valence-corrected chi connectivity index (χ2v) is 14.5. The Balaban J connectivity index is 1.53. The summed E-state index contributed by atoms with van der Waals surface area (Å²) < 4.78 is 90.1. The van der Waals surface area contributed by atoms with E-state index in [0.717, 1.165) is 0 Å². The lowest BCUT2D eigenvalue weighted by atomic mass is 10.1. The molecule has 1 aliphatic heterocycles. The molecule has 1 fully saturated rings. The first kappa shape index (κ1) is 57.5. The lowest BCUT2D eigenvalue weighted by molar-refractivity contribution is -0.145. The molecule has 1 atom stereocenters. The van der Waals surface area contributed by atoms with E-state index in [-0.39, 0.29) is 150 Å². The number of esters is 1. The number of carbonyl (C=O) groups excluding carboxylic acids is 2. The number of halogens is 4. The van der Waals surface area contributed by atoms with Crippen LogP contribution in [0.25, 0.3) is 0 Å². The molecule has 1 aromatic carbocycles. The molecule has 5 N–H and O–H groups in total. The maximum absolute atomic E-state index is 13.6. The molecular weight excluding hydrogens is 898 g/mol. The van der Waals surface area contributed by atoms with Gasteiger partial charge in [-0.05, 0) is 6.42 Å². The third-order valence-electron chi connectivity index (χ3n) is 9.49. The first-order chi connectivity index (χ1) is 31.6. The van der Waals surface area contributed by atoms with E-state index in [9.17, 15) is 66.8 Å². The molecular formula is C40H61F4N5O17. The van der Waals surface area contributed by atoms with Gasteiger partial charge in [-0.15, -0.1) is 0 Å². The number of benzene rings is 1. The van der Waals surface area contributed by atoms with Crippen molar-refractivity contribution in [1.82, 2.24) is 24.9 Å². The summed E-state index contributed by atoms with van der Waals surface area (Å²) >= 11 is 0. The highest BCUT2D eigenvalue weighted by Gasteiger charge is 2.29. The van der Waals surface area contributed by atoms with Crippen molar-refractivity contribution in [3.05, 3.63) is 29.3 Å². The van der Waals surface area contributed by atoms with Crippen LogP contribution in [0.4, 0.5) is 17.6 Å². The van der Waals surface area contributed by atoms with Gasteiger partial charge < -0.3 is 58.9 Å². The summed E-state index contributed by atoms with van der Waals surface area (Å²) in [5.74, 6) is -14.6. The van der Waals surface area contributed by atoms with Crippen molar-refractivity contribution in [2.45, 2.75) is 25.3 Å². The Morgan fingerprint density at radius 1 is 0.530 bits per heavy atom. The Bertz CT molecular complexity index is 1600. The molecule has 1 saturated heterocycles. The maximum atomic E-state index is 13.6. The molecule has 1 heterocycles. The summed E-state index contributed by atoms with van der Waals surface area (Å²) in [5.41, 5.74) is 0. The third kappa shape index (κ3) is 25.9. The van der Waals surface area contributed by atoms with Crippen molar-refractivity contribution in [3.8, 4) is 5.75 Å². The van der Waals surface area contributed by atoms with Crippen LogP contribution in [0.5, 0.6) is 5.75 Å². The van der Waals surface area contributed by atoms with Gasteiger partial charge >= 0.3 is 29.8 Å². The number of rotatable bonds is 33. The summed E-state index contributed by atoms with van der Waals surface area (Å²) in [6.45, 7) is 2.73. The summed E-state index contributed by atoms with van der Waals surface area (Å²) in [5, 5.41) is 41.0. The molecule has 26 heteroatoms. The molecule has 0 saturated carbocycles. The minimum absolute atomic E-state index is 0.00332. The maximum Gasteiger partial charge on any atom is 0.320 e. The van der Waals surface area contributed by atoms with Crippen LogP contribution in [0.2, 0.25) is 0 Å². The molecule has 1 amide bonds. The van der Waals surface area contributed by atoms with Crippen LogP contribution in [0.1, 0.15) is 19.3 Å². The zero-order chi connectivity index (χ0) is 48.7. The Morgan fingerprint density at radius 2 is 0.894 bits per heavy atom. The summed E-state index contributed by atoms with van der Waals surface area (Å²) in [6, 6.07) is -1.14. The Hall–Kier alpha value is -4.64. The Kier molecular flexibility index (Phi) is 29.4. The van der Waals surface area contributed by atoms with Gasteiger partial charge in [-0.2, -0.15) is 8.78 Å². The van der Waals surface area contributed by atoms with Crippen molar-refractivity contribution >= 4 is 35.8 Å². The monoisotopic (exact) mass is 959 g/mol. The predicted octanol–water partition coefficient (Wildman–Crippen LogP) is -0.537. The number of hydrogen-bond donors (Lipinski definition) is 5. The largest absolute Gasteiger partial charge is 0.480 e. The topological polar surface area (TPSA) is 273 Å². The highest BCUT2D eigenvalue weighted by atomic mass is 19.2. The molecule has 0 bridgehead atoms. The van der Waals surface area contributed by atoms with Crippen LogP contribution in [0.15, 0.2) is 6.07 Å². The van der Waals surface area contributed by atoms with Crippen LogP contribution in [0, 0.1) is 23.3 Å². The number of nitrogens with zero attached hydrogens (tertiary/aromatic N) is 4. The number of carboxylic acid groups (broad SMARTS) is 4. The van der Waals surface area contributed by atoms with Crippen molar-refractivity contribution in [2.24, 2.45) is 0 Å². The zero-order valence-electron chi connectivity index (χ0n) is 36.6. The normalized spacial score (nSPS) is 15.4. The Morgan fingerprint density at radius 3 is 1.27 bits per heavy atom. The van der Waals surface area contributed by atoms with E-state index in [4.69, 9.17) is 28.4 Å². The van der Waals surface area contributed by atoms with Gasteiger partial charge in [0.25, 0.3) is 0 Å². The number of carbonyl (C=O) groups is 6. The first-order valence-corrected chi connectivity index (χ1v) is 21.1. The van der Waals surface area contributed by atoms with E-state index in [1.54, 1.807) is 19.6 Å². The molecule has 1 aromatic rings. The van der Waals surface area contributed by atoms with E-state index in [1.165, 1.54) is 0 Å². The summed E-state index contributed by atoms with van der Waals surface area (Å²) in [4.78, 5) is 77.6. The van der Waals surface area contributed by atoms with Crippen molar-refractivity contribution in [3.63, 3.8) is 0 Å². The standard InChI is InChI=1S/C40H61F4N5O17/c41-29-25-30(42)38(44)39(37(29)43)66-36(57)3-13-60-15-17-62-19-21-64-23-24-65-22-20-63-18-16-61-14-4-45-32(50)2-1-31(40(58)59)49-11-9-47(27-34(53)54)7-5-46(26-33(51)52)6-8-48(10-12-49)28-35(55)56/h25,31H,1-24,26-28H2,(H,45,50)(H,51,52)(H,53,54)(H,55,56)(H,58,59). The van der Waals surface area contributed by atoms with Crippen molar-refractivity contribution in [2.75, 3.05) is 158 Å². The summed E-state index contributed by atoms with van der Waals surface area (Å²) in [7, 11) is 0. The number of carboxylic acids is 4. The van der Waals surface area contributed by atoms with Crippen molar-refractivity contribution < 1.29 is 99.9 Å². The molecule has 376 valence electrons. The minimum Gasteiger partial charge on any atom is -0.480 e. The van der Waals surface area contributed by atoms with Crippen molar-refractivity contribution in [1.29, 1.82) is 0 Å². The van der Waals surface area contributed by atoms with Crippen LogP contribution in [-0.2, 0) is 57.2 Å². The molecule has 2 rings (SSSR count). The van der Waals surface area contributed by atoms with Crippen LogP contribution < -0.4 is 10.1 Å². The average molecular weight is 960 g/mol. The van der Waals surface area contributed by atoms with E-state index < -0.39 is 77.2 Å². The lowest BCUT2D eigenvalue weighted by Crippen LogP contribution is -2.52. The molecule has 66 heavy (non-hydrogen) atoms. The number of hydrogen-bond acceptors (Lipinski definition) is 17. The number of ether oxygens (including phenoxy) is 7. The smallest absolute Gasteiger partial charge is 0.320 e. The van der Waals surface area contributed by atoms with Gasteiger partial charge in [0.05, 0.1) is 105 Å². The van der Waals surface area contributed by atoms with Gasteiger partial charge in [0.1, 0.15) is 6.04 Å². The summed E-state index contributed by atoms with van der Waals surface area (Å²) in [6.07, 6.45) is -0.642. The van der Waals surface area contributed by atoms with E-state index >= 15 is 0 Å². The molecule has 22 nitrogen and oxygen atoms in total. The zero-order valence-corrected chi connectivity index (χ0v) is 36.6. The van der Waals surface area contributed by atoms with Gasteiger partial charge in [0, 0.05) is 71.4 Å². The third-order valence-corrected chi connectivity index (χ3v) is 9.49. The lowest BCUT2D eigenvalue weighted by Gasteiger charge is -2.35. The second kappa shape index (κ2) is 33.8. The van der Waals surface area contributed by atoms with Crippen LogP contribution >= 0.6 is 0 Å². The van der Waals surface area contributed by atoms with E-state index in [2.05, 4.69) is 10.1 Å². The average Bonchev–Trinajstić information content (AvgIpc) is 3.25. The minimum atomic E-state index is -1.82. The molecule has 1 aliphatic rings. The highest BCUT2D eigenvalue weighted by Crippen LogP contribution is 2.26. The van der Waals surface area contributed by atoms with E-state index in [0.29, 0.717) is 26.4 Å². The molecule has 0 spiro atoms. The Labute approximate surface area is 378 Å². The number of nitrogens with one attached hydrogen (secondary N) is 1. The molecule has 0 aromatic heterocycles. The van der Waals surface area contributed by atoms with Gasteiger partial charge in [-0.1, -0.05) is 0 Å². The molecule has 0 radical (unpaired) electrons. The SMILES string of the molecule is O=C(O)CN1CCN(CC(=O)O)CCN(C(CCC(=O)NCCOCCOCCOCCOCCOCCOCCC(=O)Oc2c(F)c(F)cc(F)c2F)C(=O)O)CCN(CC(=O)O)CC1. The van der Waals surface area contributed by atoms with Gasteiger partial charge in [0.2, 0.25) is 23.3 Å². The fourth-order valence-corrected chi connectivity index (χ4v) is 6.16. The highest BCUT2D eigenvalue weighted by molar-refractivity contribution is 5.78.